The largest absolute Gasteiger partial charge is 0.480 e. The molecule has 0 bridgehead atoms. The number of nitrogens with one attached hydrogen (secondary N) is 1. The zero-order chi connectivity index (χ0) is 16.3. The highest BCUT2D eigenvalue weighted by Crippen LogP contribution is 2.22. The van der Waals surface area contributed by atoms with Gasteiger partial charge in [0.25, 0.3) is 5.91 Å². The first-order valence-electron chi connectivity index (χ1n) is 5.97. The van der Waals surface area contributed by atoms with Gasteiger partial charge in [-0.15, -0.1) is 11.3 Å². The predicted molar refractivity (Wildman–Crippen MR) is 84.8 cm³/mol. The highest BCUT2D eigenvalue weighted by atomic mass is 79.9. The number of hydrogen-bond donors (Lipinski definition) is 2. The van der Waals surface area contributed by atoms with E-state index in [9.17, 15) is 18.0 Å². The van der Waals surface area contributed by atoms with Gasteiger partial charge in [0.1, 0.15) is 0 Å². The number of hydrogen-bond acceptors (Lipinski definition) is 5. The standard InChI is InChI=1S/C12H16BrNO5S2/c1-12(11(16)17,21(2,18)19)4-5-14-10(15)9-8(7-13)3-6-20-9/h3,6H,4-5,7H2,1-2H3,(H,14,15)(H,16,17). The molecule has 0 spiro atoms. The molecule has 21 heavy (non-hydrogen) atoms. The topological polar surface area (TPSA) is 101 Å². The zero-order valence-corrected chi connectivity index (χ0v) is 14.8. The van der Waals surface area contributed by atoms with Gasteiger partial charge in [-0.2, -0.15) is 0 Å². The summed E-state index contributed by atoms with van der Waals surface area (Å²) in [5, 5.41) is 14.0. The Hall–Kier alpha value is -0.930. The number of carbonyl (C=O) groups excluding carboxylic acids is 1. The van der Waals surface area contributed by atoms with Gasteiger partial charge in [0.05, 0.1) is 4.88 Å². The van der Waals surface area contributed by atoms with E-state index >= 15 is 0 Å². The van der Waals surface area contributed by atoms with Crippen molar-refractivity contribution >= 4 is 49.0 Å². The van der Waals surface area contributed by atoms with Crippen LogP contribution in [0.2, 0.25) is 0 Å². The smallest absolute Gasteiger partial charge is 0.324 e. The first kappa shape index (κ1) is 18.1. The number of rotatable bonds is 7. The molecule has 118 valence electrons. The maximum Gasteiger partial charge on any atom is 0.324 e. The highest BCUT2D eigenvalue weighted by molar-refractivity contribution is 9.08. The second-order valence-corrected chi connectivity index (χ2v) is 8.64. The lowest BCUT2D eigenvalue weighted by Crippen LogP contribution is -2.45. The van der Waals surface area contributed by atoms with E-state index in [2.05, 4.69) is 21.2 Å². The first-order valence-corrected chi connectivity index (χ1v) is 9.86. The van der Waals surface area contributed by atoms with Crippen LogP contribution in [-0.4, -0.2) is 42.9 Å². The van der Waals surface area contributed by atoms with Crippen molar-refractivity contribution in [2.45, 2.75) is 23.4 Å². The molecule has 1 aromatic heterocycles. The monoisotopic (exact) mass is 397 g/mol. The van der Waals surface area contributed by atoms with Gasteiger partial charge < -0.3 is 10.4 Å². The molecule has 0 saturated carbocycles. The second-order valence-electron chi connectivity index (χ2n) is 4.72. The molecule has 0 aliphatic carbocycles. The van der Waals surface area contributed by atoms with Crippen LogP contribution in [0.4, 0.5) is 0 Å². The van der Waals surface area contributed by atoms with Crippen LogP contribution in [0.25, 0.3) is 0 Å². The predicted octanol–water partition coefficient (Wildman–Crippen LogP) is 1.65. The van der Waals surface area contributed by atoms with E-state index in [0.29, 0.717) is 10.2 Å². The molecule has 1 unspecified atom stereocenters. The molecule has 1 rings (SSSR count). The van der Waals surface area contributed by atoms with Crippen molar-refractivity contribution in [2.24, 2.45) is 0 Å². The van der Waals surface area contributed by atoms with Crippen LogP contribution < -0.4 is 5.32 Å². The van der Waals surface area contributed by atoms with Gasteiger partial charge in [0, 0.05) is 18.1 Å². The van der Waals surface area contributed by atoms with Crippen LogP contribution in [0.3, 0.4) is 0 Å². The van der Waals surface area contributed by atoms with Crippen molar-refractivity contribution in [3.63, 3.8) is 0 Å². The summed E-state index contributed by atoms with van der Waals surface area (Å²) in [7, 11) is -3.78. The van der Waals surface area contributed by atoms with Gasteiger partial charge in [0.2, 0.25) is 0 Å². The van der Waals surface area contributed by atoms with Gasteiger partial charge in [-0.25, -0.2) is 8.42 Å². The molecule has 0 radical (unpaired) electrons. The maximum absolute atomic E-state index is 12.0. The van der Waals surface area contributed by atoms with Crippen LogP contribution in [0.15, 0.2) is 11.4 Å². The number of alkyl halides is 1. The summed E-state index contributed by atoms with van der Waals surface area (Å²) in [4.78, 5) is 23.7. The molecule has 6 nitrogen and oxygen atoms in total. The van der Waals surface area contributed by atoms with Crippen molar-refractivity contribution in [3.8, 4) is 0 Å². The number of carboxylic acids is 1. The van der Waals surface area contributed by atoms with Gasteiger partial charge >= 0.3 is 5.97 Å². The second kappa shape index (κ2) is 6.89. The van der Waals surface area contributed by atoms with Crippen molar-refractivity contribution in [2.75, 3.05) is 12.8 Å². The SMILES string of the molecule is CC(CCNC(=O)c1sccc1CBr)(C(=O)O)S(C)(=O)=O. The summed E-state index contributed by atoms with van der Waals surface area (Å²) < 4.78 is 21.3. The minimum absolute atomic E-state index is 0.0334. The Bertz CT molecular complexity index is 640. The van der Waals surface area contributed by atoms with Crippen LogP contribution >= 0.6 is 27.3 Å². The fourth-order valence-corrected chi connectivity index (χ4v) is 3.87. The lowest BCUT2D eigenvalue weighted by molar-refractivity contribution is -0.139. The molecule has 1 heterocycles. The number of halogens is 1. The summed E-state index contributed by atoms with van der Waals surface area (Å²) >= 11 is 4.55. The molecular weight excluding hydrogens is 382 g/mol. The Kier molecular flexibility index (Phi) is 5.94. The van der Waals surface area contributed by atoms with Gasteiger partial charge in [-0.05, 0) is 30.4 Å². The van der Waals surface area contributed by atoms with E-state index in [1.807, 2.05) is 6.07 Å². The normalized spacial score (nSPS) is 14.4. The average Bonchev–Trinajstić information content (AvgIpc) is 2.84. The Labute approximate surface area is 135 Å². The summed E-state index contributed by atoms with van der Waals surface area (Å²) in [5.41, 5.74) is 0.835. The molecular formula is C12H16BrNO5S2. The third-order valence-corrected chi connectivity index (χ3v) is 6.83. The quantitative estimate of drug-likeness (QED) is 0.681. The number of carboxylic acid groups (broad SMARTS) is 1. The molecule has 1 amide bonds. The van der Waals surface area contributed by atoms with Crippen LogP contribution in [0, 0.1) is 0 Å². The van der Waals surface area contributed by atoms with Crippen LogP contribution in [0.5, 0.6) is 0 Å². The third-order valence-electron chi connectivity index (χ3n) is 3.26. The zero-order valence-electron chi connectivity index (χ0n) is 11.6. The number of aliphatic carboxylic acids is 1. The van der Waals surface area contributed by atoms with Crippen molar-refractivity contribution in [3.05, 3.63) is 21.9 Å². The molecule has 1 aromatic rings. The summed E-state index contributed by atoms with van der Waals surface area (Å²) in [5.74, 6) is -1.75. The lowest BCUT2D eigenvalue weighted by Gasteiger charge is -2.22. The molecule has 0 aliphatic heterocycles. The van der Waals surface area contributed by atoms with Gasteiger partial charge in [-0.1, -0.05) is 15.9 Å². The number of carbonyl (C=O) groups is 2. The van der Waals surface area contributed by atoms with E-state index in [0.717, 1.165) is 18.7 Å². The summed E-state index contributed by atoms with van der Waals surface area (Å²) in [6.07, 6.45) is 0.688. The highest BCUT2D eigenvalue weighted by Gasteiger charge is 2.43. The molecule has 1 atom stereocenters. The van der Waals surface area contributed by atoms with Gasteiger partial charge in [0.15, 0.2) is 14.6 Å². The van der Waals surface area contributed by atoms with E-state index < -0.39 is 20.6 Å². The van der Waals surface area contributed by atoms with Crippen LogP contribution in [0.1, 0.15) is 28.6 Å². The molecule has 0 aliphatic rings. The minimum atomic E-state index is -3.78. The molecule has 2 N–H and O–H groups in total. The Morgan fingerprint density at radius 2 is 2.10 bits per heavy atom. The van der Waals surface area contributed by atoms with E-state index in [-0.39, 0.29) is 18.9 Å². The number of amides is 1. The Morgan fingerprint density at radius 1 is 1.48 bits per heavy atom. The van der Waals surface area contributed by atoms with E-state index in [1.54, 1.807) is 5.38 Å². The number of sulfone groups is 1. The first-order chi connectivity index (χ1) is 9.63. The maximum atomic E-state index is 12.0. The van der Waals surface area contributed by atoms with E-state index in [4.69, 9.17) is 5.11 Å². The summed E-state index contributed by atoms with van der Waals surface area (Å²) in [6, 6.07) is 1.81. The van der Waals surface area contributed by atoms with Crippen LogP contribution in [-0.2, 0) is 20.0 Å². The molecule has 0 aromatic carbocycles. The fourth-order valence-electron chi connectivity index (χ4n) is 1.59. The minimum Gasteiger partial charge on any atom is -0.480 e. The van der Waals surface area contributed by atoms with Crippen molar-refractivity contribution in [1.82, 2.24) is 5.32 Å². The Morgan fingerprint density at radius 3 is 2.57 bits per heavy atom. The van der Waals surface area contributed by atoms with Gasteiger partial charge in [-0.3, -0.25) is 9.59 Å². The lowest BCUT2D eigenvalue weighted by atomic mass is 10.1. The Balaban J connectivity index is 2.72. The fraction of sp³-hybridized carbons (Fsp3) is 0.500. The van der Waals surface area contributed by atoms with E-state index in [1.165, 1.54) is 11.3 Å². The van der Waals surface area contributed by atoms with Crippen molar-refractivity contribution in [1.29, 1.82) is 0 Å². The molecule has 9 heteroatoms. The molecule has 0 fully saturated rings. The average molecular weight is 398 g/mol. The third kappa shape index (κ3) is 4.04. The molecule has 0 saturated heterocycles. The van der Waals surface area contributed by atoms with Crippen molar-refractivity contribution < 1.29 is 23.1 Å². The summed E-state index contributed by atoms with van der Waals surface area (Å²) in [6.45, 7) is 1.11. The number of thiophene rings is 1.